The van der Waals surface area contributed by atoms with Crippen LogP contribution in [0.15, 0.2) is 16.7 Å². The largest absolute Gasteiger partial charge is 0.329 e. The van der Waals surface area contributed by atoms with Crippen LogP contribution in [0.5, 0.6) is 0 Å². The average molecular weight is 210 g/mol. The first-order valence-corrected chi connectivity index (χ1v) is 3.64. The monoisotopic (exact) mass is 210 g/mol. The topological polar surface area (TPSA) is 125 Å². The Labute approximate surface area is 80.6 Å². The highest BCUT2D eigenvalue weighted by atomic mass is 16.6. The highest BCUT2D eigenvalue weighted by Gasteiger charge is 2.23. The molecule has 0 saturated heterocycles. The first-order chi connectivity index (χ1) is 7.09. The van der Waals surface area contributed by atoms with Gasteiger partial charge in [0.2, 0.25) is 0 Å². The van der Waals surface area contributed by atoms with Crippen molar-refractivity contribution >= 4 is 22.5 Å². The Bertz CT molecular complexity index is 562. The minimum atomic E-state index is -0.789. The second-order valence-electron chi connectivity index (χ2n) is 2.60. The molecule has 1 aromatic carbocycles. The molecule has 76 valence electrons. The van der Waals surface area contributed by atoms with Crippen molar-refractivity contribution in [3.05, 3.63) is 32.4 Å². The Kier molecular flexibility index (Phi) is 1.78. The normalized spacial score (nSPS) is 10.4. The lowest BCUT2D eigenvalue weighted by atomic mass is 10.2. The van der Waals surface area contributed by atoms with Crippen LogP contribution in [0.4, 0.5) is 11.4 Å². The van der Waals surface area contributed by atoms with Gasteiger partial charge >= 0.3 is 5.69 Å². The molecule has 9 nitrogen and oxygen atoms in total. The molecular formula is C6H2N4O5. The Hall–Kier alpha value is -2.58. The van der Waals surface area contributed by atoms with Crippen LogP contribution < -0.4 is 0 Å². The highest BCUT2D eigenvalue weighted by Crippen LogP contribution is 2.29. The fourth-order valence-electron chi connectivity index (χ4n) is 1.10. The maximum absolute atomic E-state index is 10.6. The molecule has 15 heavy (non-hydrogen) atoms. The molecule has 0 aliphatic carbocycles. The van der Waals surface area contributed by atoms with Gasteiger partial charge in [0.1, 0.15) is 5.52 Å². The zero-order valence-corrected chi connectivity index (χ0v) is 6.98. The van der Waals surface area contributed by atoms with Gasteiger partial charge < -0.3 is 4.52 Å². The maximum atomic E-state index is 10.6. The first-order valence-electron chi connectivity index (χ1n) is 3.64. The van der Waals surface area contributed by atoms with E-state index in [1.807, 2.05) is 0 Å². The zero-order valence-electron chi connectivity index (χ0n) is 6.98. The highest BCUT2D eigenvalue weighted by molar-refractivity contribution is 5.84. The minimum Gasteiger partial charge on any atom is -0.329 e. The lowest BCUT2D eigenvalue weighted by Gasteiger charge is -1.91. The number of nitrogens with zero attached hydrogens (tertiary/aromatic N) is 4. The van der Waals surface area contributed by atoms with Crippen LogP contribution in [0, 0.1) is 20.2 Å². The molecule has 0 N–H and O–H groups in total. The van der Waals surface area contributed by atoms with E-state index in [-0.39, 0.29) is 11.1 Å². The van der Waals surface area contributed by atoms with Gasteiger partial charge in [-0.2, -0.15) is 0 Å². The lowest BCUT2D eigenvalue weighted by Crippen LogP contribution is -1.93. The van der Waals surface area contributed by atoms with E-state index in [9.17, 15) is 20.2 Å². The number of nitro benzene ring substituents is 2. The van der Waals surface area contributed by atoms with E-state index in [1.54, 1.807) is 0 Å². The van der Waals surface area contributed by atoms with Crippen molar-refractivity contribution in [2.24, 2.45) is 0 Å². The van der Waals surface area contributed by atoms with Gasteiger partial charge in [-0.15, -0.1) is 5.10 Å². The Morgan fingerprint density at radius 3 is 2.53 bits per heavy atom. The quantitative estimate of drug-likeness (QED) is 0.535. The standard InChI is InChI=1S/C6H2N4O5/c11-9(12)3-1-4-6(15-8-7-4)5(2-3)10(13)14/h1-2H. The van der Waals surface area contributed by atoms with Crippen molar-refractivity contribution in [1.82, 2.24) is 10.4 Å². The van der Waals surface area contributed by atoms with Crippen LogP contribution in [0.2, 0.25) is 0 Å². The van der Waals surface area contributed by atoms with E-state index >= 15 is 0 Å². The molecule has 0 fully saturated rings. The predicted octanol–water partition coefficient (Wildman–Crippen LogP) is 1.04. The molecular weight excluding hydrogens is 208 g/mol. The SMILES string of the molecule is O=[N+]([O-])c1cc([N+](=O)[O-])c2onnc2c1. The number of fused-ring (bicyclic) bond motifs is 1. The number of hydrogen-bond donors (Lipinski definition) is 0. The summed E-state index contributed by atoms with van der Waals surface area (Å²) >= 11 is 0. The number of rotatable bonds is 2. The number of non-ortho nitro benzene ring substituents is 2. The smallest absolute Gasteiger partial charge is 0.323 e. The van der Waals surface area contributed by atoms with Gasteiger partial charge in [0.15, 0.2) is 0 Å². The van der Waals surface area contributed by atoms with Crippen molar-refractivity contribution < 1.29 is 14.4 Å². The third-order valence-electron chi connectivity index (χ3n) is 1.72. The van der Waals surface area contributed by atoms with Crippen molar-refractivity contribution in [2.75, 3.05) is 0 Å². The molecule has 0 unspecified atom stereocenters. The van der Waals surface area contributed by atoms with Crippen LogP contribution in [-0.2, 0) is 0 Å². The molecule has 0 atom stereocenters. The van der Waals surface area contributed by atoms with E-state index in [0.29, 0.717) is 0 Å². The summed E-state index contributed by atoms with van der Waals surface area (Å²) in [5.74, 6) is 0. The van der Waals surface area contributed by atoms with Gasteiger partial charge in [-0.25, -0.2) is 0 Å². The minimum absolute atomic E-state index is 0.0177. The number of hydrogen-bond acceptors (Lipinski definition) is 7. The summed E-state index contributed by atoms with van der Waals surface area (Å²) in [6, 6.07) is 1.86. The zero-order chi connectivity index (χ0) is 11.0. The van der Waals surface area contributed by atoms with Gasteiger partial charge in [-0.05, 0) is 0 Å². The Morgan fingerprint density at radius 1 is 1.20 bits per heavy atom. The molecule has 0 aliphatic rings. The summed E-state index contributed by atoms with van der Waals surface area (Å²) in [6.07, 6.45) is 0. The van der Waals surface area contributed by atoms with Crippen LogP contribution in [0.25, 0.3) is 11.1 Å². The fraction of sp³-hybridized carbons (Fsp3) is 0. The Balaban J connectivity index is 2.80. The molecule has 1 aromatic heterocycles. The molecule has 1 heterocycles. The predicted molar refractivity (Wildman–Crippen MR) is 45.1 cm³/mol. The number of nitro groups is 2. The van der Waals surface area contributed by atoms with Crippen molar-refractivity contribution in [3.8, 4) is 0 Å². The number of aromatic nitrogens is 2. The van der Waals surface area contributed by atoms with Crippen molar-refractivity contribution in [2.45, 2.75) is 0 Å². The first kappa shape index (κ1) is 8.99. The maximum Gasteiger partial charge on any atom is 0.323 e. The molecule has 2 rings (SSSR count). The third-order valence-corrected chi connectivity index (χ3v) is 1.72. The van der Waals surface area contributed by atoms with E-state index in [1.165, 1.54) is 0 Å². The summed E-state index contributed by atoms with van der Waals surface area (Å²) in [6.45, 7) is 0. The van der Waals surface area contributed by atoms with Crippen LogP contribution >= 0.6 is 0 Å². The summed E-state index contributed by atoms with van der Waals surface area (Å²) in [5.41, 5.74) is -1.14. The molecule has 2 aromatic rings. The van der Waals surface area contributed by atoms with Crippen molar-refractivity contribution in [3.63, 3.8) is 0 Å². The summed E-state index contributed by atoms with van der Waals surface area (Å²) in [4.78, 5) is 19.5. The molecule has 9 heteroatoms. The Morgan fingerprint density at radius 2 is 1.93 bits per heavy atom. The molecule has 0 spiro atoms. The van der Waals surface area contributed by atoms with Gasteiger partial charge in [-0.3, -0.25) is 20.2 Å². The third kappa shape index (κ3) is 1.35. The van der Waals surface area contributed by atoms with Crippen molar-refractivity contribution in [1.29, 1.82) is 0 Å². The van der Waals surface area contributed by atoms with Crippen LogP contribution in [-0.4, -0.2) is 20.2 Å². The summed E-state index contributed by atoms with van der Waals surface area (Å²) < 4.78 is 4.52. The number of benzene rings is 1. The van der Waals surface area contributed by atoms with E-state index in [4.69, 9.17) is 0 Å². The average Bonchev–Trinajstić information content (AvgIpc) is 2.62. The molecule has 0 saturated carbocycles. The van der Waals surface area contributed by atoms with Crippen LogP contribution in [0.1, 0.15) is 0 Å². The molecule has 0 amide bonds. The van der Waals surface area contributed by atoms with Gasteiger partial charge in [0.05, 0.1) is 15.9 Å². The molecule has 0 radical (unpaired) electrons. The molecule has 0 aliphatic heterocycles. The van der Waals surface area contributed by atoms with Gasteiger partial charge in [-0.1, -0.05) is 0 Å². The van der Waals surface area contributed by atoms with E-state index in [0.717, 1.165) is 12.1 Å². The fourth-order valence-corrected chi connectivity index (χ4v) is 1.10. The summed E-state index contributed by atoms with van der Waals surface area (Å²) in [7, 11) is 0. The van der Waals surface area contributed by atoms with E-state index in [2.05, 4.69) is 14.9 Å². The van der Waals surface area contributed by atoms with Crippen LogP contribution in [0.3, 0.4) is 0 Å². The molecule has 0 bridgehead atoms. The van der Waals surface area contributed by atoms with E-state index < -0.39 is 21.2 Å². The second kappa shape index (κ2) is 2.97. The lowest BCUT2D eigenvalue weighted by molar-refractivity contribution is -0.393. The second-order valence-corrected chi connectivity index (χ2v) is 2.60. The van der Waals surface area contributed by atoms with Gasteiger partial charge in [0.25, 0.3) is 11.3 Å². The van der Waals surface area contributed by atoms with Gasteiger partial charge in [0, 0.05) is 11.3 Å². The summed E-state index contributed by atoms with van der Waals surface area (Å²) in [5, 5.41) is 27.5.